The molecule has 0 saturated carbocycles. The van der Waals surface area contributed by atoms with Gasteiger partial charge in [0.1, 0.15) is 102 Å². The third kappa shape index (κ3) is 24.4. The zero-order chi connectivity index (χ0) is 91.9. The van der Waals surface area contributed by atoms with E-state index >= 15 is 33.6 Å². The van der Waals surface area contributed by atoms with E-state index in [1.807, 2.05) is 60.7 Å². The van der Waals surface area contributed by atoms with E-state index in [4.69, 9.17) is 15.2 Å². The lowest BCUT2D eigenvalue weighted by Gasteiger charge is -2.36. The molecule has 8 aromatic rings. The highest BCUT2D eigenvalue weighted by Gasteiger charge is 2.53. The monoisotopic (exact) mass is 1770 g/mol. The number of aliphatic carboxylic acids is 3. The van der Waals surface area contributed by atoms with Crippen molar-refractivity contribution in [1.29, 1.82) is 0 Å². The molecule has 0 spiro atoms. The number of carbonyl (C=O) groups excluding carboxylic acids is 10. The predicted octanol–water partition coefficient (Wildman–Crippen LogP) is 2.56. The summed E-state index contributed by atoms with van der Waals surface area (Å²) in [7, 11) is 3.15. The molecule has 2 aromatic heterocycles. The number of nitrogens with two attached hydrogens (primary N) is 1. The van der Waals surface area contributed by atoms with E-state index < -0.39 is 198 Å². The molecule has 8 heterocycles. The Hall–Kier alpha value is -12.9. The van der Waals surface area contributed by atoms with Crippen LogP contribution < -0.4 is 68.4 Å². The van der Waals surface area contributed by atoms with Crippen molar-refractivity contribution in [3.8, 4) is 11.5 Å². The molecule has 2 fully saturated rings. The fraction of sp³-hybridized carbons (Fsp3) is 0.449. The van der Waals surface area contributed by atoms with Gasteiger partial charge in [0.15, 0.2) is 0 Å². The number of thioether (sulfide) groups is 1. The molecule has 0 radical (unpaired) electrons. The van der Waals surface area contributed by atoms with Gasteiger partial charge in [-0.1, -0.05) is 161 Å². The van der Waals surface area contributed by atoms with Crippen LogP contribution in [-0.2, 0) is 107 Å². The molecular formula is C89H111N19O18S. The highest BCUT2D eigenvalue weighted by atomic mass is 32.2. The lowest BCUT2D eigenvalue weighted by Crippen LogP contribution is -2.61. The summed E-state index contributed by atoms with van der Waals surface area (Å²) in [5, 5.41) is 79.5. The second-order valence-corrected chi connectivity index (χ2v) is 35.6. The van der Waals surface area contributed by atoms with Gasteiger partial charge in [-0.05, 0) is 125 Å². The van der Waals surface area contributed by atoms with Crippen LogP contribution in [0.5, 0.6) is 11.5 Å². The first-order chi connectivity index (χ1) is 60.3. The van der Waals surface area contributed by atoms with E-state index in [-0.39, 0.29) is 80.5 Å². The number of carbonyl (C=O) groups is 13. The summed E-state index contributed by atoms with van der Waals surface area (Å²) in [5.41, 5.74) is 5.97. The molecule has 6 aromatic carbocycles. The van der Waals surface area contributed by atoms with Crippen molar-refractivity contribution in [2.45, 2.75) is 204 Å². The lowest BCUT2D eigenvalue weighted by molar-refractivity contribution is -0.145. The number of amides is 10. The Labute approximate surface area is 737 Å². The summed E-state index contributed by atoms with van der Waals surface area (Å²) in [4.78, 5) is 191. The third-order valence-electron chi connectivity index (χ3n) is 23.0. The first-order valence-corrected chi connectivity index (χ1v) is 43.2. The number of nitrogens with one attached hydrogen (secondary N) is 10. The van der Waals surface area contributed by atoms with Crippen molar-refractivity contribution < 1.29 is 87.1 Å². The van der Waals surface area contributed by atoms with Crippen LogP contribution in [0.4, 0.5) is 0 Å². The molecule has 6 aliphatic rings. The van der Waals surface area contributed by atoms with E-state index in [1.165, 1.54) is 49.3 Å². The van der Waals surface area contributed by atoms with Crippen LogP contribution in [0.25, 0.3) is 21.5 Å². The lowest BCUT2D eigenvalue weighted by atomic mass is 9.85. The number of likely N-dealkylation sites (N-methyl/N-ethyl adjacent to an activating group) is 2. The Morgan fingerprint density at radius 2 is 1.05 bits per heavy atom. The first-order valence-electron chi connectivity index (χ1n) is 41.8. The molecule has 14 unspecified atom stereocenters. The normalized spacial score (nSPS) is 21.3. The maximum atomic E-state index is 15.8. The van der Waals surface area contributed by atoms with Gasteiger partial charge in [0.05, 0.1) is 43.5 Å². The van der Waals surface area contributed by atoms with Gasteiger partial charge in [-0.3, -0.25) is 52.7 Å². The number of hydrogen-bond donors (Lipinski definition) is 14. The minimum absolute atomic E-state index is 0.0701. The van der Waals surface area contributed by atoms with Gasteiger partial charge in [0, 0.05) is 45.1 Å². The maximum Gasteiger partial charge on any atom is 0.326 e. The summed E-state index contributed by atoms with van der Waals surface area (Å²) >= 11 is 1.30. The molecule has 12 bridgehead atoms. The number of rotatable bonds is 23. The Bertz CT molecular complexity index is 5370. The summed E-state index contributed by atoms with van der Waals surface area (Å²) in [6.07, 6.45) is 2.04. The summed E-state index contributed by atoms with van der Waals surface area (Å²) in [6, 6.07) is 20.7. The van der Waals surface area contributed by atoms with Crippen molar-refractivity contribution in [1.82, 2.24) is 93.0 Å². The Morgan fingerprint density at radius 3 is 1.54 bits per heavy atom. The number of hydrogen-bond acceptors (Lipinski definition) is 23. The zero-order valence-corrected chi connectivity index (χ0v) is 73.4. The SMILES string of the molecule is CNC(C)C(=O)NC(C(=O)N1CC2CC1C(=O)NC(Cc1ccc3ccccc3c1)C(=O)NC(C(=O)O)Cc1ccc(cc1)OCc1cn(nn1)C1(N)CC(C(=O)NC(Cc3ccc4ccccc4c3)C(=O)NC(C(=O)NC(CC(=O)O)C(=O)NC(CCSC)C(=O)O)Cc3ccc(cc3)OCc3cn2nn3)N(C(=O)C(NC(=O)C(C)NC)C(C)(C)C)C1)C(C)(C)C. The van der Waals surface area contributed by atoms with E-state index in [1.54, 1.807) is 143 Å². The van der Waals surface area contributed by atoms with Crippen LogP contribution in [0.15, 0.2) is 146 Å². The third-order valence-corrected chi connectivity index (χ3v) is 23.6. The van der Waals surface area contributed by atoms with Crippen molar-refractivity contribution in [3.05, 3.63) is 179 Å². The number of carboxylic acid groups (broad SMARTS) is 3. The van der Waals surface area contributed by atoms with Crippen LogP contribution in [-0.4, -0.2) is 244 Å². The molecule has 10 amide bonds. The molecule has 0 aliphatic carbocycles. The van der Waals surface area contributed by atoms with Crippen LogP contribution >= 0.6 is 11.8 Å². The van der Waals surface area contributed by atoms with Gasteiger partial charge < -0.3 is 93.5 Å². The quantitative estimate of drug-likeness (QED) is 0.0437. The van der Waals surface area contributed by atoms with Crippen LogP contribution in [0.2, 0.25) is 0 Å². The Kier molecular flexibility index (Phi) is 30.9. The molecule has 127 heavy (non-hydrogen) atoms. The van der Waals surface area contributed by atoms with E-state index in [0.717, 1.165) is 21.5 Å². The smallest absolute Gasteiger partial charge is 0.326 e. The van der Waals surface area contributed by atoms with Crippen molar-refractivity contribution in [2.75, 3.05) is 39.2 Å². The van der Waals surface area contributed by atoms with Gasteiger partial charge in [0.2, 0.25) is 59.1 Å². The predicted molar refractivity (Wildman–Crippen MR) is 468 cm³/mol. The largest absolute Gasteiger partial charge is 0.487 e. The number of likely N-dealkylation sites (tertiary alicyclic amines) is 2. The van der Waals surface area contributed by atoms with Gasteiger partial charge in [-0.25, -0.2) is 19.0 Å². The molecule has 14 atom stereocenters. The molecule has 2 saturated heterocycles. The molecule has 15 N–H and O–H groups in total. The number of ether oxygens (including phenoxy) is 2. The highest BCUT2D eigenvalue weighted by molar-refractivity contribution is 7.98. The van der Waals surface area contributed by atoms with Crippen LogP contribution in [0, 0.1) is 10.8 Å². The average Bonchev–Trinajstić information content (AvgIpc) is 1.61. The van der Waals surface area contributed by atoms with E-state index in [2.05, 4.69) is 73.8 Å². The number of fused-ring (bicyclic) bond motifs is 2. The molecule has 38 heteroatoms. The summed E-state index contributed by atoms with van der Waals surface area (Å²) in [5.74, 6) is -11.9. The molecular weight excluding hydrogens is 1660 g/mol. The number of carboxylic acids is 3. The fourth-order valence-corrected chi connectivity index (χ4v) is 15.8. The highest BCUT2D eigenvalue weighted by Crippen LogP contribution is 2.36. The van der Waals surface area contributed by atoms with Crippen molar-refractivity contribution in [3.63, 3.8) is 0 Å². The van der Waals surface area contributed by atoms with Crippen LogP contribution in [0.3, 0.4) is 0 Å². The Morgan fingerprint density at radius 1 is 0.567 bits per heavy atom. The van der Waals surface area contributed by atoms with Gasteiger partial charge >= 0.3 is 17.9 Å². The van der Waals surface area contributed by atoms with Crippen molar-refractivity contribution >= 4 is 110 Å². The summed E-state index contributed by atoms with van der Waals surface area (Å²) < 4.78 is 15.2. The minimum Gasteiger partial charge on any atom is -0.487 e. The topological polar surface area (TPSA) is 515 Å². The van der Waals surface area contributed by atoms with Gasteiger partial charge in [0.25, 0.3) is 0 Å². The average molecular weight is 1770 g/mol. The Balaban J connectivity index is 0.980. The molecule has 14 rings (SSSR count). The fourth-order valence-electron chi connectivity index (χ4n) is 15.4. The minimum atomic E-state index is -1.92. The van der Waals surface area contributed by atoms with E-state index in [9.17, 15) is 44.1 Å². The van der Waals surface area contributed by atoms with Gasteiger partial charge in [-0.2, -0.15) is 11.8 Å². The van der Waals surface area contributed by atoms with Crippen molar-refractivity contribution in [2.24, 2.45) is 16.6 Å². The van der Waals surface area contributed by atoms with Crippen LogP contribution in [0.1, 0.15) is 121 Å². The molecule has 37 nitrogen and oxygen atoms in total. The second-order valence-electron chi connectivity index (χ2n) is 34.6. The molecule has 676 valence electrons. The number of nitrogens with zero attached hydrogens (tertiary/aromatic N) is 8. The van der Waals surface area contributed by atoms with E-state index in [0.29, 0.717) is 22.3 Å². The first kappa shape index (κ1) is 94.7. The number of benzene rings is 6. The van der Waals surface area contributed by atoms with Gasteiger partial charge in [-0.15, -0.1) is 10.2 Å². The maximum absolute atomic E-state index is 15.8. The summed E-state index contributed by atoms with van der Waals surface area (Å²) in [6.45, 7) is 12.6. The molecule has 6 aliphatic heterocycles. The second kappa shape index (κ2) is 41.5. The standard InChI is InChI=1S/C89H111N19O18S/c1-49(91-9)75(111)99-73(87(3,4)5)83(119)105-45-61-40-70(105)81(117)96-67(39-54-21-27-56-17-13-15-19-58(56)35-54)79(115)98-69(86(123)124)37-52-24-30-63(31-25-52)126-47-60-44-108(104-102-60)89(90)42-71(106(48-89)84(120)74(88(6,7)8)100-76(112)50(2)92-10)82(118)97-66(38-53-20-26-55-16-12-14-18-57(55)34-53)78(114)94-65(36-51-22-28-62(29-23-51)125-46-59-43-107(61)103-101-59)77(113)95-68(41-72(109)110)80(116)93-64(85(121)122)32-33-127-11/h12-31,34-35,43-44,49-50,61,64-71,73-74,91-92H,32-33,36-42,45-48,90H2,1-11H3,(H,93,116)(H,94,114)(H,95,113)(H,96,117)(H,97,118)(H,98,115)(H,99,111)(H,100,112)(H,109,110)(H,121,122)(H,123,124). The number of aromatic nitrogens is 6. The zero-order valence-electron chi connectivity index (χ0n) is 72.6.